The maximum absolute atomic E-state index is 5.87. The van der Waals surface area contributed by atoms with Crippen LogP contribution in [0.4, 0.5) is 5.69 Å². The monoisotopic (exact) mass is 273 g/mol. The van der Waals surface area contributed by atoms with E-state index in [0.29, 0.717) is 13.2 Å². The molecule has 0 radical (unpaired) electrons. The van der Waals surface area contributed by atoms with Crippen LogP contribution < -0.4 is 10.1 Å². The molecular formula is C16H19NO3. The Labute approximate surface area is 118 Å². The largest absolute Gasteiger partial charge is 0.489 e. The summed E-state index contributed by atoms with van der Waals surface area (Å²) in [5.74, 6) is 1.76. The molecule has 1 N–H and O–H groups in total. The lowest BCUT2D eigenvalue weighted by molar-refractivity contribution is 0.0682. The van der Waals surface area contributed by atoms with Crippen LogP contribution in [-0.2, 0) is 11.3 Å². The van der Waals surface area contributed by atoms with E-state index >= 15 is 0 Å². The zero-order valence-electron chi connectivity index (χ0n) is 11.4. The van der Waals surface area contributed by atoms with Crippen molar-refractivity contribution in [2.45, 2.75) is 25.5 Å². The first-order chi connectivity index (χ1) is 9.92. The van der Waals surface area contributed by atoms with Gasteiger partial charge in [-0.15, -0.1) is 0 Å². The summed E-state index contributed by atoms with van der Waals surface area (Å²) in [7, 11) is 0. The zero-order valence-corrected chi connectivity index (χ0v) is 11.4. The highest BCUT2D eigenvalue weighted by Gasteiger charge is 2.16. The molecule has 0 aliphatic carbocycles. The molecule has 1 aliphatic heterocycles. The second-order valence-electron chi connectivity index (χ2n) is 4.88. The molecule has 1 saturated heterocycles. The molecule has 1 aromatic heterocycles. The average Bonchev–Trinajstić information content (AvgIpc) is 3.17. The molecular weight excluding hydrogens is 254 g/mol. The van der Waals surface area contributed by atoms with Crippen LogP contribution in [0.1, 0.15) is 18.6 Å². The molecule has 1 atom stereocenters. The average molecular weight is 273 g/mol. The zero-order chi connectivity index (χ0) is 13.6. The molecule has 1 fully saturated rings. The number of ether oxygens (including phenoxy) is 2. The number of rotatable bonds is 6. The van der Waals surface area contributed by atoms with Crippen LogP contribution in [0.3, 0.4) is 0 Å². The predicted molar refractivity (Wildman–Crippen MR) is 76.9 cm³/mol. The molecule has 0 bridgehead atoms. The van der Waals surface area contributed by atoms with Crippen molar-refractivity contribution in [3.8, 4) is 5.75 Å². The molecule has 2 heterocycles. The minimum Gasteiger partial charge on any atom is -0.489 e. The van der Waals surface area contributed by atoms with Crippen molar-refractivity contribution in [3.05, 3.63) is 48.4 Å². The molecule has 4 heteroatoms. The van der Waals surface area contributed by atoms with Crippen LogP contribution >= 0.6 is 0 Å². The Morgan fingerprint density at radius 3 is 2.95 bits per heavy atom. The van der Waals surface area contributed by atoms with Crippen LogP contribution in [0, 0.1) is 0 Å². The SMILES string of the molecule is c1coc(CNc2ccccc2OC[C@@H]2CCCO2)c1. The van der Waals surface area contributed by atoms with Gasteiger partial charge >= 0.3 is 0 Å². The summed E-state index contributed by atoms with van der Waals surface area (Å²) in [6.45, 7) is 2.11. The second-order valence-corrected chi connectivity index (χ2v) is 4.88. The quantitative estimate of drug-likeness (QED) is 0.875. The van der Waals surface area contributed by atoms with Crippen molar-refractivity contribution < 1.29 is 13.9 Å². The highest BCUT2D eigenvalue weighted by molar-refractivity contribution is 5.56. The van der Waals surface area contributed by atoms with Gasteiger partial charge in [-0.3, -0.25) is 0 Å². The fraction of sp³-hybridized carbons (Fsp3) is 0.375. The van der Waals surface area contributed by atoms with Gasteiger partial charge in [0, 0.05) is 6.61 Å². The molecule has 0 spiro atoms. The highest BCUT2D eigenvalue weighted by Crippen LogP contribution is 2.25. The summed E-state index contributed by atoms with van der Waals surface area (Å²) in [5, 5.41) is 3.33. The first-order valence-corrected chi connectivity index (χ1v) is 7.01. The van der Waals surface area contributed by atoms with E-state index < -0.39 is 0 Å². The Hall–Kier alpha value is -1.94. The van der Waals surface area contributed by atoms with Gasteiger partial charge in [-0.2, -0.15) is 0 Å². The van der Waals surface area contributed by atoms with Gasteiger partial charge in [-0.25, -0.2) is 0 Å². The third-order valence-electron chi connectivity index (χ3n) is 3.37. The van der Waals surface area contributed by atoms with Gasteiger partial charge in [0.15, 0.2) is 0 Å². The van der Waals surface area contributed by atoms with Gasteiger partial charge in [-0.05, 0) is 37.1 Å². The summed E-state index contributed by atoms with van der Waals surface area (Å²) in [6, 6.07) is 11.8. The van der Waals surface area contributed by atoms with E-state index in [9.17, 15) is 0 Å². The third kappa shape index (κ3) is 3.33. The Balaban J connectivity index is 1.58. The van der Waals surface area contributed by atoms with Crippen LogP contribution in [0.25, 0.3) is 0 Å². The third-order valence-corrected chi connectivity index (χ3v) is 3.37. The van der Waals surface area contributed by atoms with Crippen LogP contribution in [0.15, 0.2) is 47.1 Å². The van der Waals surface area contributed by atoms with Crippen LogP contribution in [-0.4, -0.2) is 19.3 Å². The van der Waals surface area contributed by atoms with Crippen LogP contribution in [0.5, 0.6) is 5.75 Å². The number of hydrogen-bond donors (Lipinski definition) is 1. The Morgan fingerprint density at radius 2 is 2.15 bits per heavy atom. The molecule has 20 heavy (non-hydrogen) atoms. The van der Waals surface area contributed by atoms with Gasteiger partial charge in [0.05, 0.1) is 24.6 Å². The van der Waals surface area contributed by atoms with Crippen LogP contribution in [0.2, 0.25) is 0 Å². The van der Waals surface area contributed by atoms with E-state index in [2.05, 4.69) is 5.32 Å². The molecule has 0 amide bonds. The molecule has 2 aromatic rings. The first-order valence-electron chi connectivity index (χ1n) is 7.01. The lowest BCUT2D eigenvalue weighted by atomic mass is 10.2. The van der Waals surface area contributed by atoms with Crippen molar-refractivity contribution in [2.75, 3.05) is 18.5 Å². The Morgan fingerprint density at radius 1 is 1.20 bits per heavy atom. The van der Waals surface area contributed by atoms with Crippen molar-refractivity contribution >= 4 is 5.69 Å². The summed E-state index contributed by atoms with van der Waals surface area (Å²) < 4.78 is 16.8. The highest BCUT2D eigenvalue weighted by atomic mass is 16.5. The lowest BCUT2D eigenvalue weighted by Gasteiger charge is -2.15. The van der Waals surface area contributed by atoms with E-state index in [1.54, 1.807) is 6.26 Å². The summed E-state index contributed by atoms with van der Waals surface area (Å²) >= 11 is 0. The maximum atomic E-state index is 5.87. The predicted octanol–water partition coefficient (Wildman–Crippen LogP) is 3.45. The van der Waals surface area contributed by atoms with Gasteiger partial charge < -0.3 is 19.2 Å². The number of anilines is 1. The maximum Gasteiger partial charge on any atom is 0.142 e. The van der Waals surface area contributed by atoms with E-state index in [0.717, 1.165) is 36.6 Å². The van der Waals surface area contributed by atoms with Gasteiger partial charge in [0.1, 0.15) is 18.1 Å². The minimum absolute atomic E-state index is 0.230. The molecule has 0 unspecified atom stereocenters. The van der Waals surface area contributed by atoms with Crippen molar-refractivity contribution in [3.63, 3.8) is 0 Å². The minimum atomic E-state index is 0.230. The summed E-state index contributed by atoms with van der Waals surface area (Å²) in [5.41, 5.74) is 0.974. The van der Waals surface area contributed by atoms with Crippen molar-refractivity contribution in [2.24, 2.45) is 0 Å². The normalized spacial score (nSPS) is 18.1. The molecule has 0 saturated carbocycles. The standard InChI is InChI=1S/C16H19NO3/c1-2-8-16(20-12-14-6-4-10-19-14)15(7-1)17-11-13-5-3-9-18-13/h1-3,5,7-9,14,17H,4,6,10-12H2/t14-/m0/s1. The van der Waals surface area contributed by atoms with Gasteiger partial charge in [0.2, 0.25) is 0 Å². The van der Waals surface area contributed by atoms with Gasteiger partial charge in [-0.1, -0.05) is 12.1 Å². The summed E-state index contributed by atoms with van der Waals surface area (Å²) in [4.78, 5) is 0. The molecule has 1 aromatic carbocycles. The number of nitrogens with one attached hydrogen (secondary N) is 1. The van der Waals surface area contributed by atoms with Crippen molar-refractivity contribution in [1.29, 1.82) is 0 Å². The van der Waals surface area contributed by atoms with Gasteiger partial charge in [0.25, 0.3) is 0 Å². The number of para-hydroxylation sites is 2. The molecule has 4 nitrogen and oxygen atoms in total. The van der Waals surface area contributed by atoms with E-state index in [1.165, 1.54) is 0 Å². The smallest absolute Gasteiger partial charge is 0.142 e. The molecule has 1 aliphatic rings. The molecule has 106 valence electrons. The van der Waals surface area contributed by atoms with E-state index in [1.807, 2.05) is 36.4 Å². The topological polar surface area (TPSA) is 43.6 Å². The number of benzene rings is 1. The summed E-state index contributed by atoms with van der Waals surface area (Å²) in [6.07, 6.45) is 4.12. The Bertz CT molecular complexity index is 518. The number of furan rings is 1. The van der Waals surface area contributed by atoms with E-state index in [4.69, 9.17) is 13.9 Å². The van der Waals surface area contributed by atoms with E-state index in [-0.39, 0.29) is 6.10 Å². The fourth-order valence-corrected chi connectivity index (χ4v) is 2.29. The second kappa shape index (κ2) is 6.48. The fourth-order valence-electron chi connectivity index (χ4n) is 2.29. The first kappa shape index (κ1) is 13.1. The molecule has 3 rings (SSSR count). The lowest BCUT2D eigenvalue weighted by Crippen LogP contribution is -2.16. The Kier molecular flexibility index (Phi) is 4.23. The number of hydrogen-bond acceptors (Lipinski definition) is 4. The van der Waals surface area contributed by atoms with Crippen molar-refractivity contribution in [1.82, 2.24) is 0 Å².